The van der Waals surface area contributed by atoms with Crippen molar-refractivity contribution in [1.82, 2.24) is 0 Å². The van der Waals surface area contributed by atoms with Gasteiger partial charge in [0, 0.05) is 5.92 Å². The van der Waals surface area contributed by atoms with Crippen molar-refractivity contribution in [2.45, 2.75) is 26.7 Å². The molecule has 0 heterocycles. The van der Waals surface area contributed by atoms with Crippen LogP contribution < -0.4 is 10.5 Å². The van der Waals surface area contributed by atoms with Gasteiger partial charge in [0.25, 0.3) is 0 Å². The van der Waals surface area contributed by atoms with Crippen LogP contribution in [0.15, 0.2) is 24.3 Å². The summed E-state index contributed by atoms with van der Waals surface area (Å²) in [6.45, 7) is 4.69. The van der Waals surface area contributed by atoms with Gasteiger partial charge >= 0.3 is 0 Å². The molecule has 16 heavy (non-hydrogen) atoms. The van der Waals surface area contributed by atoms with E-state index in [4.69, 9.17) is 22.7 Å². The van der Waals surface area contributed by atoms with Crippen LogP contribution in [0, 0.1) is 5.92 Å². The summed E-state index contributed by atoms with van der Waals surface area (Å²) in [6, 6.07) is 8.20. The van der Waals surface area contributed by atoms with E-state index in [-0.39, 0.29) is 5.92 Å². The maximum Gasteiger partial charge on any atom is 0.119 e. The fourth-order valence-electron chi connectivity index (χ4n) is 1.34. The van der Waals surface area contributed by atoms with E-state index in [1.807, 2.05) is 19.1 Å². The summed E-state index contributed by atoms with van der Waals surface area (Å²) in [5, 5.41) is 0. The molecule has 2 nitrogen and oxygen atoms in total. The lowest BCUT2D eigenvalue weighted by molar-refractivity contribution is 0.293. The Labute approximate surface area is 103 Å². The Balaban J connectivity index is 2.46. The summed E-state index contributed by atoms with van der Waals surface area (Å²) in [6.07, 6.45) is 2.28. The van der Waals surface area contributed by atoms with E-state index >= 15 is 0 Å². The summed E-state index contributed by atoms with van der Waals surface area (Å²) in [7, 11) is 0. The number of thiocarbonyl (C=S) groups is 1. The summed E-state index contributed by atoms with van der Waals surface area (Å²) in [4.78, 5) is 0.502. The quantitative estimate of drug-likeness (QED) is 0.773. The number of nitrogens with two attached hydrogens (primary N) is 1. The van der Waals surface area contributed by atoms with Gasteiger partial charge in [0.15, 0.2) is 0 Å². The molecule has 3 heteroatoms. The van der Waals surface area contributed by atoms with Gasteiger partial charge in [-0.3, -0.25) is 0 Å². The van der Waals surface area contributed by atoms with Crippen LogP contribution in [0.25, 0.3) is 0 Å². The van der Waals surface area contributed by atoms with Crippen LogP contribution in [-0.2, 0) is 6.42 Å². The van der Waals surface area contributed by atoms with Crippen LogP contribution in [0.4, 0.5) is 0 Å². The van der Waals surface area contributed by atoms with Crippen molar-refractivity contribution in [2.24, 2.45) is 11.7 Å². The minimum atomic E-state index is 0.116. The predicted octanol–water partition coefficient (Wildman–Crippen LogP) is 2.94. The topological polar surface area (TPSA) is 35.2 Å². The third kappa shape index (κ3) is 4.19. The molecule has 1 unspecified atom stereocenters. The van der Waals surface area contributed by atoms with E-state index in [2.05, 4.69) is 19.1 Å². The Morgan fingerprint density at radius 1 is 1.38 bits per heavy atom. The average Bonchev–Trinajstić information content (AvgIpc) is 2.28. The van der Waals surface area contributed by atoms with E-state index in [0.29, 0.717) is 11.6 Å². The summed E-state index contributed by atoms with van der Waals surface area (Å²) in [5.41, 5.74) is 6.86. The molecule has 1 atom stereocenters. The van der Waals surface area contributed by atoms with Gasteiger partial charge in [-0.2, -0.15) is 0 Å². The van der Waals surface area contributed by atoms with Crippen LogP contribution in [0.2, 0.25) is 0 Å². The lowest BCUT2D eigenvalue weighted by atomic mass is 10.1. The largest absolute Gasteiger partial charge is 0.493 e. The molecule has 0 saturated carbocycles. The minimum absolute atomic E-state index is 0.116. The number of benzene rings is 1. The summed E-state index contributed by atoms with van der Waals surface area (Å²) in [5.74, 6) is 0.994. The molecule has 1 aromatic rings. The second kappa shape index (κ2) is 6.48. The maximum atomic E-state index is 5.59. The van der Waals surface area contributed by atoms with Crippen LogP contribution >= 0.6 is 12.2 Å². The monoisotopic (exact) mass is 237 g/mol. The van der Waals surface area contributed by atoms with E-state index in [1.165, 1.54) is 12.0 Å². The van der Waals surface area contributed by atoms with Gasteiger partial charge in [-0.15, -0.1) is 0 Å². The van der Waals surface area contributed by atoms with Crippen molar-refractivity contribution in [3.8, 4) is 5.75 Å². The molecule has 0 aliphatic rings. The maximum absolute atomic E-state index is 5.59. The molecule has 0 saturated heterocycles. The molecule has 0 amide bonds. The standard InChI is InChI=1S/C13H19NOS/c1-3-4-11-5-7-12(8-6-11)15-9-10(2)13(14)16/h5-8,10H,3-4,9H2,1-2H3,(H2,14,16). The summed E-state index contributed by atoms with van der Waals surface area (Å²) >= 11 is 4.89. The van der Waals surface area contributed by atoms with Gasteiger partial charge in [0.2, 0.25) is 0 Å². The van der Waals surface area contributed by atoms with Crippen molar-refractivity contribution >= 4 is 17.2 Å². The molecular formula is C13H19NOS. The van der Waals surface area contributed by atoms with Gasteiger partial charge in [-0.25, -0.2) is 0 Å². The second-order valence-corrected chi connectivity index (χ2v) is 4.48. The lowest BCUT2D eigenvalue weighted by Gasteiger charge is -2.11. The first-order valence-electron chi connectivity index (χ1n) is 5.64. The molecule has 0 aliphatic carbocycles. The van der Waals surface area contributed by atoms with Crippen molar-refractivity contribution in [2.75, 3.05) is 6.61 Å². The van der Waals surface area contributed by atoms with E-state index in [0.717, 1.165) is 12.2 Å². The van der Waals surface area contributed by atoms with Gasteiger partial charge in [0.1, 0.15) is 5.75 Å². The fourth-order valence-corrected chi connectivity index (χ4v) is 1.41. The smallest absolute Gasteiger partial charge is 0.119 e. The number of rotatable bonds is 6. The van der Waals surface area contributed by atoms with Crippen LogP contribution in [0.5, 0.6) is 5.75 Å². The van der Waals surface area contributed by atoms with E-state index in [1.54, 1.807) is 0 Å². The first kappa shape index (κ1) is 13.0. The highest BCUT2D eigenvalue weighted by molar-refractivity contribution is 7.80. The minimum Gasteiger partial charge on any atom is -0.493 e. The van der Waals surface area contributed by atoms with E-state index < -0.39 is 0 Å². The van der Waals surface area contributed by atoms with Gasteiger partial charge in [0.05, 0.1) is 11.6 Å². The number of hydrogen-bond acceptors (Lipinski definition) is 2. The molecule has 1 rings (SSSR count). The molecule has 0 spiro atoms. The van der Waals surface area contributed by atoms with Crippen molar-refractivity contribution < 1.29 is 4.74 Å². The third-order valence-electron chi connectivity index (χ3n) is 2.45. The molecular weight excluding hydrogens is 218 g/mol. The molecule has 0 aliphatic heterocycles. The van der Waals surface area contributed by atoms with Gasteiger partial charge < -0.3 is 10.5 Å². The Hall–Kier alpha value is -1.09. The van der Waals surface area contributed by atoms with Crippen molar-refractivity contribution in [3.63, 3.8) is 0 Å². The third-order valence-corrected chi connectivity index (χ3v) is 2.85. The van der Waals surface area contributed by atoms with Gasteiger partial charge in [-0.05, 0) is 24.1 Å². The van der Waals surface area contributed by atoms with E-state index in [9.17, 15) is 0 Å². The molecule has 0 radical (unpaired) electrons. The molecule has 0 bridgehead atoms. The lowest BCUT2D eigenvalue weighted by Crippen LogP contribution is -2.23. The SMILES string of the molecule is CCCc1ccc(OCC(C)C(N)=S)cc1. The normalized spacial score (nSPS) is 12.1. The fraction of sp³-hybridized carbons (Fsp3) is 0.462. The Kier molecular flexibility index (Phi) is 5.26. The molecule has 1 aromatic carbocycles. The average molecular weight is 237 g/mol. The van der Waals surface area contributed by atoms with Gasteiger partial charge in [-0.1, -0.05) is 44.6 Å². The molecule has 0 aromatic heterocycles. The molecule has 2 N–H and O–H groups in total. The first-order chi connectivity index (χ1) is 7.63. The molecule has 0 fully saturated rings. The van der Waals surface area contributed by atoms with Crippen LogP contribution in [0.1, 0.15) is 25.8 Å². The summed E-state index contributed by atoms with van der Waals surface area (Å²) < 4.78 is 5.59. The number of ether oxygens (including phenoxy) is 1. The second-order valence-electron chi connectivity index (χ2n) is 4.01. The zero-order valence-electron chi connectivity index (χ0n) is 9.90. The predicted molar refractivity (Wildman–Crippen MR) is 71.9 cm³/mol. The highest BCUT2D eigenvalue weighted by Crippen LogP contribution is 2.14. The number of hydrogen-bond donors (Lipinski definition) is 1. The Morgan fingerprint density at radius 2 is 2.00 bits per heavy atom. The van der Waals surface area contributed by atoms with Crippen molar-refractivity contribution in [1.29, 1.82) is 0 Å². The number of aryl methyl sites for hydroxylation is 1. The van der Waals surface area contributed by atoms with Crippen LogP contribution in [-0.4, -0.2) is 11.6 Å². The van der Waals surface area contributed by atoms with Crippen molar-refractivity contribution in [3.05, 3.63) is 29.8 Å². The molecule has 88 valence electrons. The van der Waals surface area contributed by atoms with Crippen LogP contribution in [0.3, 0.4) is 0 Å². The highest BCUT2D eigenvalue weighted by atomic mass is 32.1. The Bertz CT molecular complexity index is 334. The first-order valence-corrected chi connectivity index (χ1v) is 6.05. The zero-order chi connectivity index (χ0) is 12.0. The Morgan fingerprint density at radius 3 is 2.50 bits per heavy atom. The highest BCUT2D eigenvalue weighted by Gasteiger charge is 2.05. The zero-order valence-corrected chi connectivity index (χ0v) is 10.7.